The summed E-state index contributed by atoms with van der Waals surface area (Å²) in [6, 6.07) is 0. The summed E-state index contributed by atoms with van der Waals surface area (Å²) in [4.78, 5) is 13.8. The first-order valence-corrected chi connectivity index (χ1v) is 6.67. The number of carbonyl (C=O) groups is 1. The number of aliphatic hydroxyl groups is 1. The number of nitrogens with zero attached hydrogens (tertiary/aromatic N) is 1. The molecular weight excluding hydrogens is 238 g/mol. The van der Waals surface area contributed by atoms with Gasteiger partial charge in [0.25, 0.3) is 0 Å². The molecule has 0 aliphatic carbocycles. The molecule has 5 heteroatoms. The molecule has 1 saturated heterocycles. The van der Waals surface area contributed by atoms with Crippen LogP contribution in [-0.2, 0) is 9.53 Å². The van der Waals surface area contributed by atoms with Crippen LogP contribution in [0.25, 0.3) is 0 Å². The van der Waals surface area contributed by atoms with Gasteiger partial charge in [-0.05, 0) is 41.8 Å². The minimum absolute atomic E-state index is 0.0914. The molecule has 1 aliphatic rings. The largest absolute Gasteiger partial charge is 0.461 e. The van der Waals surface area contributed by atoms with Crippen LogP contribution in [0.15, 0.2) is 0 Å². The van der Waals surface area contributed by atoms with Gasteiger partial charge in [-0.15, -0.1) is 11.8 Å². The van der Waals surface area contributed by atoms with Gasteiger partial charge in [-0.1, -0.05) is 0 Å². The van der Waals surface area contributed by atoms with Gasteiger partial charge in [0.1, 0.15) is 0 Å². The maximum Gasteiger partial charge on any atom is 0.336 e. The smallest absolute Gasteiger partial charge is 0.336 e. The van der Waals surface area contributed by atoms with E-state index in [1.165, 1.54) is 0 Å². The highest BCUT2D eigenvalue weighted by molar-refractivity contribution is 8.09. The monoisotopic (exact) mass is 261 g/mol. The molecule has 0 bridgehead atoms. The van der Waals surface area contributed by atoms with Crippen molar-refractivity contribution in [2.75, 3.05) is 20.6 Å². The molecule has 4 nitrogen and oxygen atoms in total. The minimum Gasteiger partial charge on any atom is -0.461 e. The van der Waals surface area contributed by atoms with E-state index >= 15 is 0 Å². The molecule has 1 aliphatic heterocycles. The molecule has 1 heterocycles. The normalized spacial score (nSPS) is 33.9. The standard InChI is InChI=1S/C12H23NO3S/c1-8(2)16-10(15)9(14)12(4)11(3,17-12)7-13(5)6/h8-9,14H,7H2,1-6H3. The lowest BCUT2D eigenvalue weighted by Crippen LogP contribution is -2.44. The van der Waals surface area contributed by atoms with E-state index in [0.717, 1.165) is 6.54 Å². The van der Waals surface area contributed by atoms with Gasteiger partial charge in [0, 0.05) is 11.3 Å². The predicted octanol–water partition coefficient (Wildman–Crippen LogP) is 1.12. The molecule has 1 fully saturated rings. The molecule has 1 rings (SSSR count). The molecule has 17 heavy (non-hydrogen) atoms. The lowest BCUT2D eigenvalue weighted by atomic mass is 9.90. The molecule has 0 saturated carbocycles. The predicted molar refractivity (Wildman–Crippen MR) is 70.2 cm³/mol. The molecule has 0 aromatic rings. The van der Waals surface area contributed by atoms with E-state index in [-0.39, 0.29) is 10.9 Å². The maximum absolute atomic E-state index is 11.7. The average molecular weight is 261 g/mol. The summed E-state index contributed by atoms with van der Waals surface area (Å²) in [5.41, 5.74) is 0. The second-order valence-corrected chi connectivity index (χ2v) is 7.52. The van der Waals surface area contributed by atoms with Crippen LogP contribution in [0.3, 0.4) is 0 Å². The maximum atomic E-state index is 11.7. The quantitative estimate of drug-likeness (QED) is 0.594. The van der Waals surface area contributed by atoms with E-state index in [1.54, 1.807) is 25.6 Å². The Kier molecular flexibility index (Phi) is 4.16. The molecule has 0 radical (unpaired) electrons. The van der Waals surface area contributed by atoms with Crippen molar-refractivity contribution in [3.63, 3.8) is 0 Å². The van der Waals surface area contributed by atoms with Crippen molar-refractivity contribution < 1.29 is 14.6 Å². The van der Waals surface area contributed by atoms with Crippen molar-refractivity contribution in [3.8, 4) is 0 Å². The molecule has 3 atom stereocenters. The Morgan fingerprint density at radius 3 is 2.35 bits per heavy atom. The van der Waals surface area contributed by atoms with E-state index in [9.17, 15) is 9.90 Å². The van der Waals surface area contributed by atoms with E-state index in [1.807, 2.05) is 21.0 Å². The zero-order valence-electron chi connectivity index (χ0n) is 11.5. The fourth-order valence-corrected chi connectivity index (χ4v) is 3.69. The highest BCUT2D eigenvalue weighted by atomic mass is 32.2. The Balaban J connectivity index is 2.65. The number of carbonyl (C=O) groups excluding carboxylic acids is 1. The van der Waals surface area contributed by atoms with E-state index in [4.69, 9.17) is 4.74 Å². The first-order valence-electron chi connectivity index (χ1n) is 5.86. The summed E-state index contributed by atoms with van der Waals surface area (Å²) < 4.78 is 4.53. The van der Waals surface area contributed by atoms with Gasteiger partial charge in [-0.2, -0.15) is 0 Å². The van der Waals surface area contributed by atoms with Gasteiger partial charge >= 0.3 is 5.97 Å². The van der Waals surface area contributed by atoms with Gasteiger partial charge in [0.15, 0.2) is 6.10 Å². The number of thioether (sulfide) groups is 1. The number of hydrogen-bond donors (Lipinski definition) is 1. The number of aliphatic hydroxyl groups excluding tert-OH is 1. The van der Waals surface area contributed by atoms with Gasteiger partial charge in [0.05, 0.1) is 10.9 Å². The highest BCUT2D eigenvalue weighted by Crippen LogP contribution is 2.65. The fourth-order valence-electron chi connectivity index (χ4n) is 2.10. The van der Waals surface area contributed by atoms with Gasteiger partial charge in [-0.3, -0.25) is 0 Å². The van der Waals surface area contributed by atoms with E-state index in [2.05, 4.69) is 11.8 Å². The third-order valence-electron chi connectivity index (χ3n) is 3.16. The molecule has 0 amide bonds. The SMILES string of the molecule is CC(C)OC(=O)C(O)C1(C)SC1(C)CN(C)C. The summed E-state index contributed by atoms with van der Waals surface area (Å²) in [5, 5.41) is 10.1. The van der Waals surface area contributed by atoms with Crippen molar-refractivity contribution in [2.45, 2.75) is 49.4 Å². The third kappa shape index (κ3) is 2.95. The van der Waals surface area contributed by atoms with Crippen molar-refractivity contribution in [3.05, 3.63) is 0 Å². The van der Waals surface area contributed by atoms with Crippen LogP contribution in [0.5, 0.6) is 0 Å². The fraction of sp³-hybridized carbons (Fsp3) is 0.917. The zero-order chi connectivity index (χ0) is 13.4. The summed E-state index contributed by atoms with van der Waals surface area (Å²) >= 11 is 1.64. The van der Waals surface area contributed by atoms with Crippen molar-refractivity contribution >= 4 is 17.7 Å². The molecule has 3 unspecified atom stereocenters. The summed E-state index contributed by atoms with van der Waals surface area (Å²) in [7, 11) is 3.98. The first kappa shape index (κ1) is 14.8. The van der Waals surface area contributed by atoms with E-state index in [0.29, 0.717) is 0 Å². The Morgan fingerprint density at radius 1 is 1.41 bits per heavy atom. The van der Waals surface area contributed by atoms with E-state index < -0.39 is 16.8 Å². The second-order valence-electron chi connectivity index (χ2n) is 5.57. The summed E-state index contributed by atoms with van der Waals surface area (Å²) in [5.74, 6) is -0.516. The van der Waals surface area contributed by atoms with Crippen molar-refractivity contribution in [2.24, 2.45) is 0 Å². The van der Waals surface area contributed by atoms with Crippen LogP contribution >= 0.6 is 11.8 Å². The van der Waals surface area contributed by atoms with Gasteiger partial charge in [-0.25, -0.2) is 4.79 Å². The number of hydrogen-bond acceptors (Lipinski definition) is 5. The lowest BCUT2D eigenvalue weighted by molar-refractivity contribution is -0.158. The minimum atomic E-state index is -1.06. The number of rotatable bonds is 5. The van der Waals surface area contributed by atoms with Crippen LogP contribution in [0.2, 0.25) is 0 Å². The van der Waals surface area contributed by atoms with Crippen LogP contribution in [0, 0.1) is 0 Å². The Morgan fingerprint density at radius 2 is 1.94 bits per heavy atom. The molecular formula is C12H23NO3S. The summed E-state index contributed by atoms with van der Waals surface area (Å²) in [6.07, 6.45) is -1.25. The van der Waals surface area contributed by atoms with Crippen LogP contribution in [0.1, 0.15) is 27.7 Å². The van der Waals surface area contributed by atoms with Gasteiger partial charge in [0.2, 0.25) is 0 Å². The van der Waals surface area contributed by atoms with Gasteiger partial charge < -0.3 is 14.7 Å². The van der Waals surface area contributed by atoms with Crippen molar-refractivity contribution in [1.29, 1.82) is 0 Å². The van der Waals surface area contributed by atoms with Crippen LogP contribution in [-0.4, -0.2) is 58.3 Å². The zero-order valence-corrected chi connectivity index (χ0v) is 12.3. The molecule has 0 aromatic carbocycles. The molecule has 1 N–H and O–H groups in total. The van der Waals surface area contributed by atoms with Crippen LogP contribution < -0.4 is 0 Å². The average Bonchev–Trinajstić information content (AvgIpc) is 2.65. The summed E-state index contributed by atoms with van der Waals surface area (Å²) in [6.45, 7) is 8.40. The highest BCUT2D eigenvalue weighted by Gasteiger charge is 2.68. The number of ether oxygens (including phenoxy) is 1. The molecule has 100 valence electrons. The molecule has 0 spiro atoms. The topological polar surface area (TPSA) is 49.8 Å². The third-order valence-corrected chi connectivity index (χ3v) is 5.06. The first-order chi connectivity index (χ1) is 7.62. The van der Waals surface area contributed by atoms with Crippen LogP contribution in [0.4, 0.5) is 0 Å². The Labute approximate surface area is 108 Å². The Hall–Kier alpha value is -0.260. The number of esters is 1. The Bertz CT molecular complexity index is 308. The molecule has 0 aromatic heterocycles. The lowest BCUT2D eigenvalue weighted by Gasteiger charge is -2.23. The van der Waals surface area contributed by atoms with Crippen molar-refractivity contribution in [1.82, 2.24) is 4.90 Å². The second kappa shape index (κ2) is 4.78.